The van der Waals surface area contributed by atoms with Crippen LogP contribution in [0.2, 0.25) is 0 Å². The van der Waals surface area contributed by atoms with Crippen molar-refractivity contribution >= 4 is 15.7 Å². The number of nitrogens with two attached hydrogens (primary N) is 1. The normalized spacial score (nSPS) is 19.1. The molecule has 1 aromatic heterocycles. The molecule has 2 N–H and O–H groups in total. The Balaban J connectivity index is 2.16. The summed E-state index contributed by atoms with van der Waals surface area (Å²) in [4.78, 5) is 6.20. The second-order valence-electron chi connectivity index (χ2n) is 5.96. The molecule has 1 saturated heterocycles. The first kappa shape index (κ1) is 15.2. The molecule has 0 radical (unpaired) electrons. The second-order valence-corrected chi connectivity index (χ2v) is 7.81. The Labute approximate surface area is 120 Å². The molecular formula is C13H22N4O2S. The van der Waals surface area contributed by atoms with Gasteiger partial charge in [0.2, 0.25) is 0 Å². The van der Waals surface area contributed by atoms with Gasteiger partial charge in [-0.05, 0) is 32.9 Å². The lowest BCUT2D eigenvalue weighted by atomic mass is 10.1. The van der Waals surface area contributed by atoms with E-state index in [9.17, 15) is 8.42 Å². The zero-order valence-corrected chi connectivity index (χ0v) is 13.0. The zero-order valence-electron chi connectivity index (χ0n) is 12.2. The minimum absolute atomic E-state index is 0.0378. The molecule has 0 bridgehead atoms. The summed E-state index contributed by atoms with van der Waals surface area (Å²) in [6.07, 6.45) is 1.45. The highest BCUT2D eigenvalue weighted by Gasteiger charge is 2.33. The van der Waals surface area contributed by atoms with Gasteiger partial charge >= 0.3 is 0 Å². The molecule has 1 fully saturated rings. The van der Waals surface area contributed by atoms with Gasteiger partial charge in [-0.25, -0.2) is 13.4 Å². The summed E-state index contributed by atoms with van der Waals surface area (Å²) in [5.74, 6) is 0. The monoisotopic (exact) mass is 298 g/mol. The predicted molar refractivity (Wildman–Crippen MR) is 78.7 cm³/mol. The lowest BCUT2D eigenvalue weighted by Crippen LogP contribution is -2.54. The van der Waals surface area contributed by atoms with E-state index in [4.69, 9.17) is 5.73 Å². The Hall–Kier alpha value is -1.18. The Morgan fingerprint density at radius 1 is 1.20 bits per heavy atom. The first-order valence-electron chi connectivity index (χ1n) is 6.68. The van der Waals surface area contributed by atoms with Crippen molar-refractivity contribution in [2.75, 3.05) is 31.9 Å². The van der Waals surface area contributed by atoms with E-state index in [1.165, 1.54) is 10.5 Å². The average Bonchev–Trinajstić information content (AvgIpc) is 2.38. The van der Waals surface area contributed by atoms with Gasteiger partial charge in [0.25, 0.3) is 10.0 Å². The third kappa shape index (κ3) is 2.94. The van der Waals surface area contributed by atoms with Crippen molar-refractivity contribution < 1.29 is 8.42 Å². The van der Waals surface area contributed by atoms with Crippen molar-refractivity contribution in [1.82, 2.24) is 14.2 Å². The minimum atomic E-state index is -3.59. The van der Waals surface area contributed by atoms with Crippen LogP contribution in [0.5, 0.6) is 0 Å². The molecule has 2 heterocycles. The SMILES string of the molecule is CC(C)(C)N1CCN(S(=O)(=O)c2ncccc2N)CC1. The molecule has 7 heteroatoms. The van der Waals surface area contributed by atoms with E-state index in [0.29, 0.717) is 13.1 Å². The Kier molecular flexibility index (Phi) is 4.04. The molecule has 2 rings (SSSR count). The summed E-state index contributed by atoms with van der Waals surface area (Å²) in [6, 6.07) is 3.19. The van der Waals surface area contributed by atoms with Gasteiger partial charge in [0.15, 0.2) is 5.03 Å². The number of nitrogens with zero attached hydrogens (tertiary/aromatic N) is 3. The first-order chi connectivity index (χ1) is 9.23. The van der Waals surface area contributed by atoms with Crippen LogP contribution in [0, 0.1) is 0 Å². The lowest BCUT2D eigenvalue weighted by molar-refractivity contribution is 0.0921. The molecule has 0 unspecified atom stereocenters. The molecule has 0 amide bonds. The third-order valence-electron chi connectivity index (χ3n) is 3.57. The van der Waals surface area contributed by atoms with Crippen LogP contribution >= 0.6 is 0 Å². The summed E-state index contributed by atoms with van der Waals surface area (Å²) in [6.45, 7) is 8.77. The Morgan fingerprint density at radius 2 is 1.80 bits per heavy atom. The number of rotatable bonds is 2. The average molecular weight is 298 g/mol. The number of hydrogen-bond donors (Lipinski definition) is 1. The van der Waals surface area contributed by atoms with Crippen molar-refractivity contribution in [1.29, 1.82) is 0 Å². The molecule has 112 valence electrons. The van der Waals surface area contributed by atoms with Crippen molar-refractivity contribution in [3.05, 3.63) is 18.3 Å². The minimum Gasteiger partial charge on any atom is -0.396 e. The molecular weight excluding hydrogens is 276 g/mol. The van der Waals surface area contributed by atoms with Gasteiger partial charge in [0.05, 0.1) is 5.69 Å². The number of nitrogen functional groups attached to an aromatic ring is 1. The molecule has 0 spiro atoms. The van der Waals surface area contributed by atoms with E-state index >= 15 is 0 Å². The molecule has 0 aliphatic carbocycles. The van der Waals surface area contributed by atoms with Gasteiger partial charge in [-0.3, -0.25) is 4.90 Å². The lowest BCUT2D eigenvalue weighted by Gasteiger charge is -2.41. The summed E-state index contributed by atoms with van der Waals surface area (Å²) < 4.78 is 26.5. The smallest absolute Gasteiger partial charge is 0.262 e. The maximum absolute atomic E-state index is 12.5. The van der Waals surface area contributed by atoms with E-state index in [1.54, 1.807) is 12.1 Å². The van der Waals surface area contributed by atoms with Crippen LogP contribution in [-0.2, 0) is 10.0 Å². The van der Waals surface area contributed by atoms with Crippen LogP contribution in [0.1, 0.15) is 20.8 Å². The van der Waals surface area contributed by atoms with E-state index < -0.39 is 10.0 Å². The van der Waals surface area contributed by atoms with Crippen LogP contribution < -0.4 is 5.73 Å². The fourth-order valence-electron chi connectivity index (χ4n) is 2.34. The third-order valence-corrected chi connectivity index (χ3v) is 5.45. The summed E-state index contributed by atoms with van der Waals surface area (Å²) >= 11 is 0. The van der Waals surface area contributed by atoms with Crippen molar-refractivity contribution in [2.24, 2.45) is 0 Å². The molecule has 0 atom stereocenters. The van der Waals surface area contributed by atoms with Gasteiger partial charge in [-0.15, -0.1) is 0 Å². The van der Waals surface area contributed by atoms with E-state index in [1.807, 2.05) is 0 Å². The van der Waals surface area contributed by atoms with Crippen LogP contribution in [0.15, 0.2) is 23.4 Å². The molecule has 6 nitrogen and oxygen atoms in total. The number of anilines is 1. The van der Waals surface area contributed by atoms with Gasteiger partial charge in [-0.2, -0.15) is 4.31 Å². The highest BCUT2D eigenvalue weighted by atomic mass is 32.2. The van der Waals surface area contributed by atoms with E-state index in [-0.39, 0.29) is 16.3 Å². The van der Waals surface area contributed by atoms with Gasteiger partial charge < -0.3 is 5.73 Å². The van der Waals surface area contributed by atoms with Gasteiger partial charge in [0, 0.05) is 37.9 Å². The Morgan fingerprint density at radius 3 is 2.30 bits per heavy atom. The summed E-state index contributed by atoms with van der Waals surface area (Å²) in [5, 5.41) is -0.0378. The van der Waals surface area contributed by atoms with E-state index in [0.717, 1.165) is 13.1 Å². The number of pyridine rings is 1. The molecule has 1 aliphatic heterocycles. The van der Waals surface area contributed by atoms with Crippen molar-refractivity contribution in [3.8, 4) is 0 Å². The fourth-order valence-corrected chi connectivity index (χ4v) is 3.79. The van der Waals surface area contributed by atoms with Gasteiger partial charge in [0.1, 0.15) is 0 Å². The van der Waals surface area contributed by atoms with Crippen molar-refractivity contribution in [2.45, 2.75) is 31.3 Å². The van der Waals surface area contributed by atoms with Crippen LogP contribution in [0.25, 0.3) is 0 Å². The largest absolute Gasteiger partial charge is 0.396 e. The number of piperazine rings is 1. The predicted octanol–water partition coefficient (Wildman–Crippen LogP) is 0.769. The zero-order chi connectivity index (χ0) is 15.0. The maximum atomic E-state index is 12.5. The topological polar surface area (TPSA) is 79.5 Å². The molecule has 0 aromatic carbocycles. The Bertz CT molecular complexity index is 572. The number of sulfonamides is 1. The molecule has 20 heavy (non-hydrogen) atoms. The standard InChI is InChI=1S/C13H22N4O2S/c1-13(2,3)16-7-9-17(10-8-16)20(18,19)12-11(14)5-4-6-15-12/h4-6H,7-10,14H2,1-3H3. The number of aromatic nitrogens is 1. The highest BCUT2D eigenvalue weighted by Crippen LogP contribution is 2.22. The second kappa shape index (κ2) is 5.31. The fraction of sp³-hybridized carbons (Fsp3) is 0.615. The molecule has 1 aliphatic rings. The van der Waals surface area contributed by atoms with Crippen molar-refractivity contribution in [3.63, 3.8) is 0 Å². The quantitative estimate of drug-likeness (QED) is 0.872. The first-order valence-corrected chi connectivity index (χ1v) is 8.12. The highest BCUT2D eigenvalue weighted by molar-refractivity contribution is 7.89. The molecule has 1 aromatic rings. The maximum Gasteiger partial charge on any atom is 0.262 e. The summed E-state index contributed by atoms with van der Waals surface area (Å²) in [7, 11) is -3.59. The summed E-state index contributed by atoms with van der Waals surface area (Å²) in [5.41, 5.74) is 5.99. The van der Waals surface area contributed by atoms with Crippen LogP contribution in [-0.4, -0.2) is 54.3 Å². The van der Waals surface area contributed by atoms with Crippen LogP contribution in [0.4, 0.5) is 5.69 Å². The number of hydrogen-bond acceptors (Lipinski definition) is 5. The van der Waals surface area contributed by atoms with Crippen LogP contribution in [0.3, 0.4) is 0 Å². The van der Waals surface area contributed by atoms with Gasteiger partial charge in [-0.1, -0.05) is 0 Å². The molecule has 0 saturated carbocycles. The van der Waals surface area contributed by atoms with E-state index in [2.05, 4.69) is 30.7 Å².